The lowest BCUT2D eigenvalue weighted by Gasteiger charge is -2.33. The van der Waals surface area contributed by atoms with Crippen LogP contribution in [0.5, 0.6) is 5.75 Å². The maximum atomic E-state index is 5.67. The van der Waals surface area contributed by atoms with Crippen LogP contribution in [0.25, 0.3) is 10.2 Å². The van der Waals surface area contributed by atoms with E-state index in [1.807, 2.05) is 13.8 Å². The minimum atomic E-state index is 0.421. The molecule has 0 amide bonds. The van der Waals surface area contributed by atoms with E-state index in [0.29, 0.717) is 6.04 Å². The number of hydrogen-bond donors (Lipinski definition) is 1. The monoisotopic (exact) mass is 533 g/mol. The SMILES string of the molecule is CCCc1nc(NC2CCN(Cc3ccc(OC)c(Cc4c(C)noc4C)c3)CC2)c2c(C)c(C)sc2n1. The molecular weight excluding hydrogens is 494 g/mol. The normalized spacial score (nSPS) is 14.9. The summed E-state index contributed by atoms with van der Waals surface area (Å²) in [6.45, 7) is 13.6. The third-order valence-corrected chi connectivity index (χ3v) is 8.88. The van der Waals surface area contributed by atoms with Gasteiger partial charge in [-0.3, -0.25) is 4.90 Å². The summed E-state index contributed by atoms with van der Waals surface area (Å²) in [4.78, 5) is 14.8. The van der Waals surface area contributed by atoms with Crippen molar-refractivity contribution in [1.82, 2.24) is 20.0 Å². The minimum Gasteiger partial charge on any atom is -0.496 e. The van der Waals surface area contributed by atoms with Crippen molar-refractivity contribution in [2.45, 2.75) is 79.3 Å². The van der Waals surface area contributed by atoms with Crippen LogP contribution in [-0.2, 0) is 19.4 Å². The number of nitrogens with one attached hydrogen (secondary N) is 1. The first-order valence-electron chi connectivity index (χ1n) is 13.7. The number of ether oxygens (including phenoxy) is 1. The van der Waals surface area contributed by atoms with Crippen molar-refractivity contribution in [3.63, 3.8) is 0 Å². The number of fused-ring (bicyclic) bond motifs is 1. The number of benzene rings is 1. The van der Waals surface area contributed by atoms with Gasteiger partial charge in [-0.1, -0.05) is 24.2 Å². The maximum absolute atomic E-state index is 5.67. The zero-order chi connectivity index (χ0) is 26.8. The van der Waals surface area contributed by atoms with E-state index in [2.05, 4.69) is 54.3 Å². The molecule has 5 rings (SSSR count). The summed E-state index contributed by atoms with van der Waals surface area (Å²) in [5.41, 5.74) is 5.88. The average Bonchev–Trinajstić information content (AvgIpc) is 3.37. The zero-order valence-electron chi connectivity index (χ0n) is 23.5. The van der Waals surface area contributed by atoms with E-state index in [9.17, 15) is 0 Å². The topological polar surface area (TPSA) is 76.3 Å². The maximum Gasteiger partial charge on any atom is 0.139 e. The highest BCUT2D eigenvalue weighted by molar-refractivity contribution is 7.18. The molecule has 8 heteroatoms. The summed E-state index contributed by atoms with van der Waals surface area (Å²) in [6.07, 6.45) is 4.92. The molecular formula is C30H39N5O2S. The number of methoxy groups -OCH3 is 1. The summed E-state index contributed by atoms with van der Waals surface area (Å²) < 4.78 is 11.1. The van der Waals surface area contributed by atoms with Gasteiger partial charge in [-0.15, -0.1) is 11.3 Å². The van der Waals surface area contributed by atoms with Gasteiger partial charge in [0, 0.05) is 49.0 Å². The summed E-state index contributed by atoms with van der Waals surface area (Å²) in [6, 6.07) is 6.98. The lowest BCUT2D eigenvalue weighted by molar-refractivity contribution is 0.211. The van der Waals surface area contributed by atoms with Gasteiger partial charge in [0.25, 0.3) is 0 Å². The van der Waals surface area contributed by atoms with Gasteiger partial charge in [-0.2, -0.15) is 0 Å². The van der Waals surface area contributed by atoms with Gasteiger partial charge < -0.3 is 14.6 Å². The highest BCUT2D eigenvalue weighted by Crippen LogP contribution is 2.34. The highest BCUT2D eigenvalue weighted by Gasteiger charge is 2.23. The van der Waals surface area contributed by atoms with Crippen molar-refractivity contribution >= 4 is 27.4 Å². The van der Waals surface area contributed by atoms with Crippen LogP contribution < -0.4 is 10.1 Å². The standard InChI is InChI=1S/C30H39N5O2S/c1-7-8-27-32-29(28-18(2)21(5)38-30(28)33-27)31-24-11-13-35(14-12-24)17-22-9-10-26(36-6)23(15-22)16-25-19(3)34-37-20(25)4/h9-10,15,24H,7-8,11-14,16-17H2,1-6H3,(H,31,32,33). The van der Waals surface area contributed by atoms with E-state index in [1.165, 1.54) is 27.0 Å². The molecule has 0 bridgehead atoms. The molecule has 7 nitrogen and oxygen atoms in total. The van der Waals surface area contributed by atoms with Crippen LogP contribution >= 0.6 is 11.3 Å². The van der Waals surface area contributed by atoms with Gasteiger partial charge in [0.1, 0.15) is 28.0 Å². The number of aryl methyl sites for hydroxylation is 5. The van der Waals surface area contributed by atoms with E-state index in [-0.39, 0.29) is 0 Å². The van der Waals surface area contributed by atoms with Gasteiger partial charge in [0.05, 0.1) is 18.2 Å². The van der Waals surface area contributed by atoms with Gasteiger partial charge in [0.2, 0.25) is 0 Å². The Morgan fingerprint density at radius 1 is 1.13 bits per heavy atom. The Morgan fingerprint density at radius 2 is 1.92 bits per heavy atom. The molecule has 0 atom stereocenters. The fourth-order valence-corrected chi connectivity index (χ4v) is 6.48. The molecule has 0 saturated carbocycles. The molecule has 202 valence electrons. The Kier molecular flexibility index (Phi) is 8.00. The zero-order valence-corrected chi connectivity index (χ0v) is 24.3. The fraction of sp³-hybridized carbons (Fsp3) is 0.500. The second-order valence-corrected chi connectivity index (χ2v) is 11.7. The van der Waals surface area contributed by atoms with Gasteiger partial charge in [0.15, 0.2) is 0 Å². The number of nitrogens with zero attached hydrogens (tertiary/aromatic N) is 4. The molecule has 1 N–H and O–H groups in total. The molecule has 0 radical (unpaired) electrons. The number of thiophene rings is 1. The highest BCUT2D eigenvalue weighted by atomic mass is 32.1. The minimum absolute atomic E-state index is 0.421. The van der Waals surface area contributed by atoms with Crippen molar-refractivity contribution < 1.29 is 9.26 Å². The Hall–Kier alpha value is -2.97. The van der Waals surface area contributed by atoms with Crippen LogP contribution in [0.3, 0.4) is 0 Å². The first kappa shape index (κ1) is 26.6. The van der Waals surface area contributed by atoms with Crippen LogP contribution in [-0.4, -0.2) is 46.3 Å². The molecule has 4 aromatic rings. The fourth-order valence-electron chi connectivity index (χ4n) is 5.43. The quantitative estimate of drug-likeness (QED) is 0.262. The molecule has 38 heavy (non-hydrogen) atoms. The van der Waals surface area contributed by atoms with E-state index in [1.54, 1.807) is 18.4 Å². The van der Waals surface area contributed by atoms with E-state index in [4.69, 9.17) is 19.2 Å². The summed E-state index contributed by atoms with van der Waals surface area (Å²) in [5.74, 6) is 3.76. The molecule has 0 aliphatic carbocycles. The number of likely N-dealkylation sites (tertiary alicyclic amines) is 1. The average molecular weight is 534 g/mol. The van der Waals surface area contributed by atoms with Crippen LogP contribution in [0.1, 0.15) is 70.6 Å². The van der Waals surface area contributed by atoms with Crippen molar-refractivity contribution in [2.75, 3.05) is 25.5 Å². The van der Waals surface area contributed by atoms with Crippen molar-refractivity contribution in [2.24, 2.45) is 0 Å². The summed E-state index contributed by atoms with van der Waals surface area (Å²) in [7, 11) is 1.74. The Morgan fingerprint density at radius 3 is 2.61 bits per heavy atom. The molecule has 1 aromatic carbocycles. The Balaban J connectivity index is 1.25. The predicted octanol–water partition coefficient (Wildman–Crippen LogP) is 6.54. The number of hydrogen-bond acceptors (Lipinski definition) is 8. The first-order valence-corrected chi connectivity index (χ1v) is 14.5. The number of rotatable bonds is 9. The third-order valence-electron chi connectivity index (χ3n) is 7.78. The molecule has 1 fully saturated rings. The van der Waals surface area contributed by atoms with E-state index in [0.717, 1.165) is 91.0 Å². The molecule has 0 unspecified atom stereocenters. The van der Waals surface area contributed by atoms with Crippen molar-refractivity contribution in [3.8, 4) is 5.75 Å². The molecule has 1 aliphatic heterocycles. The van der Waals surface area contributed by atoms with Gasteiger partial charge >= 0.3 is 0 Å². The lowest BCUT2D eigenvalue weighted by atomic mass is 9.99. The Labute approximate surface area is 229 Å². The smallest absolute Gasteiger partial charge is 0.139 e. The number of piperidine rings is 1. The van der Waals surface area contributed by atoms with Crippen LogP contribution in [0.4, 0.5) is 5.82 Å². The third kappa shape index (κ3) is 5.57. The predicted molar refractivity (Wildman–Crippen MR) is 155 cm³/mol. The lowest BCUT2D eigenvalue weighted by Crippen LogP contribution is -2.38. The van der Waals surface area contributed by atoms with E-state index < -0.39 is 0 Å². The molecule has 1 aliphatic rings. The molecule has 3 aromatic heterocycles. The molecule has 1 saturated heterocycles. The second kappa shape index (κ2) is 11.4. The van der Waals surface area contributed by atoms with E-state index >= 15 is 0 Å². The second-order valence-electron chi connectivity index (χ2n) is 10.5. The van der Waals surface area contributed by atoms with Crippen LogP contribution in [0.2, 0.25) is 0 Å². The molecule has 4 heterocycles. The van der Waals surface area contributed by atoms with Crippen LogP contribution in [0.15, 0.2) is 22.7 Å². The van der Waals surface area contributed by atoms with Gasteiger partial charge in [-0.05, 0) is 69.7 Å². The first-order chi connectivity index (χ1) is 18.4. The van der Waals surface area contributed by atoms with Crippen molar-refractivity contribution in [1.29, 1.82) is 0 Å². The molecule has 0 spiro atoms. The summed E-state index contributed by atoms with van der Waals surface area (Å²) in [5, 5.41) is 9.15. The van der Waals surface area contributed by atoms with Crippen LogP contribution in [0, 0.1) is 27.7 Å². The number of aromatic nitrogens is 3. The largest absolute Gasteiger partial charge is 0.496 e. The summed E-state index contributed by atoms with van der Waals surface area (Å²) >= 11 is 1.79. The Bertz CT molecular complexity index is 1400. The number of anilines is 1. The van der Waals surface area contributed by atoms with Crippen molar-refractivity contribution in [3.05, 3.63) is 62.6 Å². The van der Waals surface area contributed by atoms with Gasteiger partial charge in [-0.25, -0.2) is 9.97 Å².